The Morgan fingerprint density at radius 3 is 2.63 bits per heavy atom. The minimum Gasteiger partial charge on any atom is -0.486 e. The zero-order chi connectivity index (χ0) is 18.6. The van der Waals surface area contributed by atoms with Crippen LogP contribution in [0.15, 0.2) is 55.0 Å². The van der Waals surface area contributed by atoms with E-state index >= 15 is 0 Å². The lowest BCUT2D eigenvalue weighted by Gasteiger charge is -2.19. The molecule has 0 fully saturated rings. The number of hydrogen-bond donors (Lipinski definition) is 1. The van der Waals surface area contributed by atoms with Gasteiger partial charge in [0.15, 0.2) is 11.5 Å². The molecule has 0 atom stereocenters. The molecule has 0 radical (unpaired) electrons. The molecule has 3 aromatic rings. The number of carbonyl (C=O) groups excluding carboxylic acids is 1. The number of nitrogens with zero attached hydrogens (tertiary/aromatic N) is 2. The molecule has 1 N–H and O–H groups in total. The van der Waals surface area contributed by atoms with Gasteiger partial charge >= 0.3 is 0 Å². The number of aryl methyl sites for hydroxylation is 1. The molecule has 1 aromatic carbocycles. The largest absolute Gasteiger partial charge is 0.486 e. The maximum atomic E-state index is 12.9. The molecule has 3 heterocycles. The van der Waals surface area contributed by atoms with Crippen LogP contribution in [0.4, 0.5) is 5.69 Å². The minimum absolute atomic E-state index is 0.152. The van der Waals surface area contributed by atoms with Crippen LogP contribution in [0.3, 0.4) is 0 Å². The fourth-order valence-corrected chi connectivity index (χ4v) is 3.15. The molecule has 1 aliphatic heterocycles. The first-order chi connectivity index (χ1) is 13.2. The first kappa shape index (κ1) is 17.1. The zero-order valence-electron chi connectivity index (χ0n) is 15.1. The number of nitrogens with one attached hydrogen (secondary N) is 1. The van der Waals surface area contributed by atoms with Crippen molar-refractivity contribution in [2.45, 2.75) is 19.9 Å². The van der Waals surface area contributed by atoms with Gasteiger partial charge in [-0.2, -0.15) is 0 Å². The van der Waals surface area contributed by atoms with Crippen molar-refractivity contribution in [2.24, 2.45) is 0 Å². The summed E-state index contributed by atoms with van der Waals surface area (Å²) >= 11 is 0. The summed E-state index contributed by atoms with van der Waals surface area (Å²) in [5, 5.41) is 2.96. The number of anilines is 1. The lowest BCUT2D eigenvalue weighted by molar-refractivity contribution is 0.101. The Bertz CT molecular complexity index is 951. The van der Waals surface area contributed by atoms with E-state index in [1.165, 1.54) is 0 Å². The second-order valence-electron chi connectivity index (χ2n) is 6.36. The monoisotopic (exact) mass is 363 g/mol. The number of rotatable bonds is 5. The third kappa shape index (κ3) is 3.65. The van der Waals surface area contributed by atoms with Gasteiger partial charge in [-0.05, 0) is 42.3 Å². The zero-order valence-corrected chi connectivity index (χ0v) is 15.1. The third-order valence-electron chi connectivity index (χ3n) is 4.41. The van der Waals surface area contributed by atoms with Crippen LogP contribution in [0.25, 0.3) is 11.1 Å². The van der Waals surface area contributed by atoms with Crippen molar-refractivity contribution in [3.8, 4) is 22.6 Å². The Labute approximate surface area is 157 Å². The summed E-state index contributed by atoms with van der Waals surface area (Å²) < 4.78 is 13.1. The van der Waals surface area contributed by atoms with E-state index in [9.17, 15) is 4.79 Å². The van der Waals surface area contributed by atoms with E-state index in [0.717, 1.165) is 24.1 Å². The van der Waals surface area contributed by atoms with Gasteiger partial charge in [-0.15, -0.1) is 0 Å². The highest BCUT2D eigenvalue weighted by molar-refractivity contribution is 6.04. The molecule has 0 unspecified atom stereocenters. The average Bonchev–Trinajstić information content (AvgIpc) is 3.13. The average molecular weight is 363 g/mol. The smallest absolute Gasteiger partial charge is 0.272 e. The number of pyridine rings is 1. The minimum atomic E-state index is -0.152. The number of fused-ring (bicyclic) bond motifs is 1. The van der Waals surface area contributed by atoms with Crippen LogP contribution >= 0.6 is 0 Å². The van der Waals surface area contributed by atoms with E-state index in [0.29, 0.717) is 36.1 Å². The van der Waals surface area contributed by atoms with Crippen molar-refractivity contribution >= 4 is 11.6 Å². The lowest BCUT2D eigenvalue weighted by Crippen LogP contribution is -2.18. The van der Waals surface area contributed by atoms with Crippen LogP contribution in [0.2, 0.25) is 0 Å². The van der Waals surface area contributed by atoms with Gasteiger partial charge in [-0.3, -0.25) is 9.78 Å². The number of aromatic nitrogens is 2. The maximum Gasteiger partial charge on any atom is 0.272 e. The van der Waals surface area contributed by atoms with E-state index < -0.39 is 0 Å². The Kier molecular flexibility index (Phi) is 4.78. The molecule has 138 valence electrons. The molecule has 6 heteroatoms. The molecule has 1 amide bonds. The van der Waals surface area contributed by atoms with Gasteiger partial charge in [-0.25, -0.2) is 0 Å². The first-order valence-corrected chi connectivity index (χ1v) is 9.06. The van der Waals surface area contributed by atoms with E-state index in [2.05, 4.69) is 17.2 Å². The predicted molar refractivity (Wildman–Crippen MR) is 103 cm³/mol. The Morgan fingerprint density at radius 1 is 1.07 bits per heavy atom. The van der Waals surface area contributed by atoms with Crippen molar-refractivity contribution in [3.05, 3.63) is 60.7 Å². The summed E-state index contributed by atoms with van der Waals surface area (Å²) in [4.78, 5) is 17.0. The first-order valence-electron chi connectivity index (χ1n) is 9.06. The topological polar surface area (TPSA) is 65.4 Å². The molecule has 4 rings (SSSR count). The van der Waals surface area contributed by atoms with Gasteiger partial charge in [-0.1, -0.05) is 6.92 Å². The summed E-state index contributed by atoms with van der Waals surface area (Å²) in [5.74, 6) is 1.20. The SMILES string of the molecule is CCCn1cc(-c2ccncc2)cc1C(=O)Nc1ccc2c(c1)OCCO2. The molecule has 1 aliphatic rings. The van der Waals surface area contributed by atoms with Crippen LogP contribution in [-0.2, 0) is 6.54 Å². The summed E-state index contributed by atoms with van der Waals surface area (Å²) in [5.41, 5.74) is 3.34. The van der Waals surface area contributed by atoms with Crippen LogP contribution < -0.4 is 14.8 Å². The van der Waals surface area contributed by atoms with Gasteiger partial charge in [0.25, 0.3) is 5.91 Å². The Balaban J connectivity index is 1.60. The molecule has 6 nitrogen and oxygen atoms in total. The summed E-state index contributed by atoms with van der Waals surface area (Å²) in [7, 11) is 0. The fraction of sp³-hybridized carbons (Fsp3) is 0.238. The molecular formula is C21H21N3O3. The van der Waals surface area contributed by atoms with E-state index in [-0.39, 0.29) is 5.91 Å². The molecule has 0 saturated heterocycles. The van der Waals surface area contributed by atoms with E-state index in [4.69, 9.17) is 9.47 Å². The highest BCUT2D eigenvalue weighted by atomic mass is 16.6. The number of benzene rings is 1. The molecule has 0 aliphatic carbocycles. The molecule has 0 bridgehead atoms. The standard InChI is InChI=1S/C21H21N3O3/c1-2-9-24-14-16(15-5-7-22-8-6-15)12-18(24)21(25)23-17-3-4-19-20(13-17)27-11-10-26-19/h3-8,12-14H,2,9-11H2,1H3,(H,23,25). The van der Waals surface area contributed by atoms with Crippen molar-refractivity contribution in [3.63, 3.8) is 0 Å². The van der Waals surface area contributed by atoms with Gasteiger partial charge in [0.1, 0.15) is 18.9 Å². The second-order valence-corrected chi connectivity index (χ2v) is 6.36. The lowest BCUT2D eigenvalue weighted by atomic mass is 10.1. The Hall–Kier alpha value is -3.28. The molecule has 0 spiro atoms. The molecule has 0 saturated carbocycles. The second kappa shape index (κ2) is 7.53. The highest BCUT2D eigenvalue weighted by Crippen LogP contribution is 2.33. The highest BCUT2D eigenvalue weighted by Gasteiger charge is 2.17. The van der Waals surface area contributed by atoms with Crippen LogP contribution in [-0.4, -0.2) is 28.7 Å². The van der Waals surface area contributed by atoms with Gasteiger partial charge in [0, 0.05) is 42.5 Å². The summed E-state index contributed by atoms with van der Waals surface area (Å²) in [6.45, 7) is 3.92. The molecular weight excluding hydrogens is 342 g/mol. The Morgan fingerprint density at radius 2 is 1.85 bits per heavy atom. The van der Waals surface area contributed by atoms with Gasteiger partial charge in [0.2, 0.25) is 0 Å². The van der Waals surface area contributed by atoms with E-state index in [1.54, 1.807) is 18.5 Å². The summed E-state index contributed by atoms with van der Waals surface area (Å²) in [6.07, 6.45) is 6.45. The van der Waals surface area contributed by atoms with Crippen LogP contribution in [0, 0.1) is 0 Å². The number of amides is 1. The molecule has 27 heavy (non-hydrogen) atoms. The van der Waals surface area contributed by atoms with Gasteiger partial charge in [0.05, 0.1) is 0 Å². The number of hydrogen-bond acceptors (Lipinski definition) is 4. The van der Waals surface area contributed by atoms with E-state index in [1.807, 2.05) is 41.1 Å². The van der Waals surface area contributed by atoms with Gasteiger partial charge < -0.3 is 19.4 Å². The number of carbonyl (C=O) groups is 1. The molecule has 2 aromatic heterocycles. The number of ether oxygens (including phenoxy) is 2. The normalized spacial score (nSPS) is 12.6. The summed E-state index contributed by atoms with van der Waals surface area (Å²) in [6, 6.07) is 11.2. The fourth-order valence-electron chi connectivity index (χ4n) is 3.15. The van der Waals surface area contributed by atoms with Crippen molar-refractivity contribution in [2.75, 3.05) is 18.5 Å². The van der Waals surface area contributed by atoms with Crippen LogP contribution in [0.1, 0.15) is 23.8 Å². The van der Waals surface area contributed by atoms with Crippen molar-refractivity contribution in [1.82, 2.24) is 9.55 Å². The van der Waals surface area contributed by atoms with Crippen molar-refractivity contribution < 1.29 is 14.3 Å². The quantitative estimate of drug-likeness (QED) is 0.745. The van der Waals surface area contributed by atoms with Crippen molar-refractivity contribution in [1.29, 1.82) is 0 Å². The maximum absolute atomic E-state index is 12.9. The van der Waals surface area contributed by atoms with Crippen LogP contribution in [0.5, 0.6) is 11.5 Å². The predicted octanol–water partition coefficient (Wildman–Crippen LogP) is 3.98. The third-order valence-corrected chi connectivity index (χ3v) is 4.41.